The molecule has 1 aliphatic heterocycles. The van der Waals surface area contributed by atoms with Crippen molar-refractivity contribution in [2.45, 2.75) is 26.2 Å². The summed E-state index contributed by atoms with van der Waals surface area (Å²) in [6, 6.07) is 15.3. The molecule has 146 valence electrons. The van der Waals surface area contributed by atoms with Crippen LogP contribution in [0.1, 0.15) is 24.8 Å². The fraction of sp³-hybridized carbons (Fsp3) is 0.348. The lowest BCUT2D eigenvalue weighted by Gasteiger charge is -2.26. The molecule has 0 amide bonds. The van der Waals surface area contributed by atoms with E-state index in [1.807, 2.05) is 35.1 Å². The maximum atomic E-state index is 9.53. The van der Waals surface area contributed by atoms with Crippen molar-refractivity contribution in [2.75, 3.05) is 26.2 Å². The molecule has 0 unspecified atom stereocenters. The molecule has 4 rings (SSSR count). The van der Waals surface area contributed by atoms with Gasteiger partial charge in [-0.1, -0.05) is 6.42 Å². The van der Waals surface area contributed by atoms with E-state index >= 15 is 0 Å². The second-order valence-electron chi connectivity index (χ2n) is 7.38. The molecule has 28 heavy (non-hydrogen) atoms. The number of nitrogens with zero attached hydrogens (tertiary/aromatic N) is 3. The summed E-state index contributed by atoms with van der Waals surface area (Å²) in [6.07, 6.45) is 5.84. The Bertz CT molecular complexity index is 895. The number of likely N-dealkylation sites (tertiary alicyclic amines) is 1. The standard InChI is InChI=1S/C23H27N3O2/c1-18-17-24-26(20-7-9-21(27)10-8-20)23(18)19-5-11-22(12-6-19)28-16-15-25-13-3-2-4-14-25/h5-12,17,27H,2-4,13-16H2,1H3. The minimum Gasteiger partial charge on any atom is -0.508 e. The predicted octanol–water partition coefficient (Wildman–Crippen LogP) is 4.42. The number of piperidine rings is 1. The van der Waals surface area contributed by atoms with Gasteiger partial charge in [-0.15, -0.1) is 0 Å². The largest absolute Gasteiger partial charge is 0.508 e. The summed E-state index contributed by atoms with van der Waals surface area (Å²) in [5.74, 6) is 1.15. The fourth-order valence-corrected chi connectivity index (χ4v) is 3.75. The van der Waals surface area contributed by atoms with Crippen LogP contribution in [0.25, 0.3) is 16.9 Å². The van der Waals surface area contributed by atoms with Crippen LogP contribution in [0.2, 0.25) is 0 Å². The summed E-state index contributed by atoms with van der Waals surface area (Å²) in [5, 5.41) is 14.0. The summed E-state index contributed by atoms with van der Waals surface area (Å²) in [7, 11) is 0. The summed E-state index contributed by atoms with van der Waals surface area (Å²) in [4.78, 5) is 2.48. The van der Waals surface area contributed by atoms with Gasteiger partial charge >= 0.3 is 0 Å². The predicted molar refractivity (Wildman–Crippen MR) is 111 cm³/mol. The molecule has 1 fully saturated rings. The second kappa shape index (κ2) is 8.48. The van der Waals surface area contributed by atoms with Crippen molar-refractivity contribution in [1.29, 1.82) is 0 Å². The Morgan fingerprint density at radius 1 is 0.964 bits per heavy atom. The molecule has 0 bridgehead atoms. The number of hydrogen-bond donors (Lipinski definition) is 1. The summed E-state index contributed by atoms with van der Waals surface area (Å²) in [5.41, 5.74) is 4.16. The van der Waals surface area contributed by atoms with Crippen molar-refractivity contribution < 1.29 is 9.84 Å². The average Bonchev–Trinajstić information content (AvgIpc) is 3.11. The molecule has 2 aromatic carbocycles. The maximum absolute atomic E-state index is 9.53. The first-order chi connectivity index (χ1) is 13.7. The van der Waals surface area contributed by atoms with E-state index in [0.29, 0.717) is 0 Å². The highest BCUT2D eigenvalue weighted by molar-refractivity contribution is 5.66. The number of hydrogen-bond acceptors (Lipinski definition) is 4. The first-order valence-corrected chi connectivity index (χ1v) is 10.0. The Morgan fingerprint density at radius 3 is 2.39 bits per heavy atom. The van der Waals surface area contributed by atoms with Crippen molar-refractivity contribution in [3.63, 3.8) is 0 Å². The van der Waals surface area contributed by atoms with Crippen molar-refractivity contribution in [1.82, 2.24) is 14.7 Å². The Labute approximate surface area is 166 Å². The van der Waals surface area contributed by atoms with Crippen LogP contribution in [0, 0.1) is 6.92 Å². The molecule has 1 N–H and O–H groups in total. The maximum Gasteiger partial charge on any atom is 0.119 e. The van der Waals surface area contributed by atoms with Gasteiger partial charge in [-0.25, -0.2) is 4.68 Å². The van der Waals surface area contributed by atoms with Gasteiger partial charge in [-0.2, -0.15) is 5.10 Å². The number of aryl methyl sites for hydroxylation is 1. The van der Waals surface area contributed by atoms with E-state index in [2.05, 4.69) is 29.1 Å². The second-order valence-corrected chi connectivity index (χ2v) is 7.38. The Kier molecular flexibility index (Phi) is 5.63. The Hall–Kier alpha value is -2.79. The number of aromatic nitrogens is 2. The molecule has 1 aliphatic rings. The van der Waals surface area contributed by atoms with Crippen LogP contribution >= 0.6 is 0 Å². The van der Waals surface area contributed by atoms with Crippen molar-refractivity contribution in [3.05, 3.63) is 60.3 Å². The minimum atomic E-state index is 0.250. The molecular formula is C23H27N3O2. The van der Waals surface area contributed by atoms with E-state index in [1.54, 1.807) is 12.1 Å². The number of phenols is 1. The molecule has 0 atom stereocenters. The summed E-state index contributed by atoms with van der Waals surface area (Å²) >= 11 is 0. The SMILES string of the molecule is Cc1cnn(-c2ccc(O)cc2)c1-c1ccc(OCCN2CCCCC2)cc1. The zero-order chi connectivity index (χ0) is 19.3. The third kappa shape index (κ3) is 4.20. The number of phenolic OH excluding ortho intramolecular Hbond substituents is 1. The Balaban J connectivity index is 1.45. The normalized spacial score (nSPS) is 14.9. The number of ether oxygens (including phenoxy) is 1. The molecule has 0 radical (unpaired) electrons. The van der Waals surface area contributed by atoms with Gasteiger partial charge in [0.25, 0.3) is 0 Å². The Morgan fingerprint density at radius 2 is 1.68 bits per heavy atom. The molecule has 3 aromatic rings. The van der Waals surface area contributed by atoms with Crippen LogP contribution in [0.4, 0.5) is 0 Å². The first kappa shape index (κ1) is 18.6. The molecule has 1 aromatic heterocycles. The van der Waals surface area contributed by atoms with Crippen LogP contribution < -0.4 is 4.74 Å². The number of benzene rings is 2. The van der Waals surface area contributed by atoms with E-state index in [9.17, 15) is 5.11 Å². The monoisotopic (exact) mass is 377 g/mol. The molecule has 2 heterocycles. The van der Waals surface area contributed by atoms with Crippen LogP contribution in [0.15, 0.2) is 54.7 Å². The quantitative estimate of drug-likeness (QED) is 0.691. The first-order valence-electron chi connectivity index (χ1n) is 10.0. The van der Waals surface area contributed by atoms with Crippen LogP contribution in [0.5, 0.6) is 11.5 Å². The van der Waals surface area contributed by atoms with Gasteiger partial charge in [0.15, 0.2) is 0 Å². The highest BCUT2D eigenvalue weighted by Gasteiger charge is 2.13. The van der Waals surface area contributed by atoms with Crippen molar-refractivity contribution in [3.8, 4) is 28.4 Å². The van der Waals surface area contributed by atoms with Gasteiger partial charge in [0.2, 0.25) is 0 Å². The van der Waals surface area contributed by atoms with Crippen molar-refractivity contribution >= 4 is 0 Å². The molecule has 5 heteroatoms. The van der Waals surface area contributed by atoms with E-state index in [-0.39, 0.29) is 5.75 Å². The van der Waals surface area contributed by atoms with Crippen molar-refractivity contribution in [2.24, 2.45) is 0 Å². The highest BCUT2D eigenvalue weighted by atomic mass is 16.5. The lowest BCUT2D eigenvalue weighted by molar-refractivity contribution is 0.183. The van der Waals surface area contributed by atoms with E-state index in [0.717, 1.165) is 41.4 Å². The smallest absolute Gasteiger partial charge is 0.119 e. The zero-order valence-corrected chi connectivity index (χ0v) is 16.3. The number of rotatable bonds is 6. The average molecular weight is 377 g/mol. The van der Waals surface area contributed by atoms with Gasteiger partial charge in [-0.05, 0) is 86.9 Å². The highest BCUT2D eigenvalue weighted by Crippen LogP contribution is 2.28. The fourth-order valence-electron chi connectivity index (χ4n) is 3.75. The summed E-state index contributed by atoms with van der Waals surface area (Å²) in [6.45, 7) is 6.17. The zero-order valence-electron chi connectivity index (χ0n) is 16.3. The molecule has 1 saturated heterocycles. The van der Waals surface area contributed by atoms with Gasteiger partial charge in [0.05, 0.1) is 17.6 Å². The van der Waals surface area contributed by atoms with E-state index < -0.39 is 0 Å². The van der Waals surface area contributed by atoms with Gasteiger partial charge < -0.3 is 9.84 Å². The molecule has 0 saturated carbocycles. The summed E-state index contributed by atoms with van der Waals surface area (Å²) < 4.78 is 7.85. The third-order valence-electron chi connectivity index (χ3n) is 5.30. The van der Waals surface area contributed by atoms with E-state index in [1.165, 1.54) is 32.4 Å². The van der Waals surface area contributed by atoms with E-state index in [4.69, 9.17) is 4.74 Å². The number of aromatic hydroxyl groups is 1. The molecular weight excluding hydrogens is 350 g/mol. The van der Waals surface area contributed by atoms with Gasteiger partial charge in [0, 0.05) is 12.1 Å². The molecule has 0 spiro atoms. The molecule has 5 nitrogen and oxygen atoms in total. The van der Waals surface area contributed by atoms with Gasteiger partial charge in [-0.3, -0.25) is 4.90 Å². The van der Waals surface area contributed by atoms with Crippen LogP contribution in [-0.4, -0.2) is 46.0 Å². The lowest BCUT2D eigenvalue weighted by atomic mass is 10.1. The van der Waals surface area contributed by atoms with Crippen LogP contribution in [-0.2, 0) is 0 Å². The minimum absolute atomic E-state index is 0.250. The molecule has 0 aliphatic carbocycles. The topological polar surface area (TPSA) is 50.5 Å². The lowest BCUT2D eigenvalue weighted by Crippen LogP contribution is -2.33. The third-order valence-corrected chi connectivity index (χ3v) is 5.30. The van der Waals surface area contributed by atoms with Crippen LogP contribution in [0.3, 0.4) is 0 Å². The van der Waals surface area contributed by atoms with Gasteiger partial charge in [0.1, 0.15) is 18.1 Å².